The van der Waals surface area contributed by atoms with Gasteiger partial charge in [-0.3, -0.25) is 0 Å². The Kier molecular flexibility index (Phi) is 5.14. The van der Waals surface area contributed by atoms with Gasteiger partial charge >= 0.3 is 0 Å². The molecule has 1 heterocycles. The van der Waals surface area contributed by atoms with Crippen LogP contribution in [0.4, 0.5) is 5.69 Å². The van der Waals surface area contributed by atoms with E-state index in [4.69, 9.17) is 17.3 Å². The second-order valence-corrected chi connectivity index (χ2v) is 7.76. The molecule has 1 aliphatic rings. The second-order valence-electron chi connectivity index (χ2n) is 5.62. The Hall–Kier alpha value is -0.820. The van der Waals surface area contributed by atoms with E-state index in [0.717, 1.165) is 24.9 Å². The number of likely N-dealkylation sites (tertiary alicyclic amines) is 1. The van der Waals surface area contributed by atoms with Crippen molar-refractivity contribution in [3.05, 3.63) is 22.7 Å². The molecule has 5 nitrogen and oxygen atoms in total. The lowest BCUT2D eigenvalue weighted by molar-refractivity contribution is 0.187. The highest BCUT2D eigenvalue weighted by molar-refractivity contribution is 7.89. The summed E-state index contributed by atoms with van der Waals surface area (Å²) in [5.74, 6) is 0. The van der Waals surface area contributed by atoms with Crippen molar-refractivity contribution in [3.8, 4) is 0 Å². The minimum absolute atomic E-state index is 0.0470. The molecular weight excluding hydrogens is 310 g/mol. The summed E-state index contributed by atoms with van der Waals surface area (Å²) in [6, 6.07) is 3.23. The average Bonchev–Trinajstić information content (AvgIpc) is 2.42. The predicted molar refractivity (Wildman–Crippen MR) is 86.1 cm³/mol. The Morgan fingerprint density at radius 3 is 2.81 bits per heavy atom. The fourth-order valence-electron chi connectivity index (χ4n) is 2.56. The van der Waals surface area contributed by atoms with Gasteiger partial charge in [-0.2, -0.15) is 0 Å². The van der Waals surface area contributed by atoms with Gasteiger partial charge in [-0.25, -0.2) is 13.1 Å². The summed E-state index contributed by atoms with van der Waals surface area (Å²) >= 11 is 6.05. The van der Waals surface area contributed by atoms with E-state index in [1.807, 2.05) is 7.05 Å². The van der Waals surface area contributed by atoms with Crippen molar-refractivity contribution in [2.24, 2.45) is 0 Å². The van der Waals surface area contributed by atoms with Gasteiger partial charge in [0.25, 0.3) is 0 Å². The van der Waals surface area contributed by atoms with Crippen LogP contribution in [-0.2, 0) is 10.0 Å². The maximum atomic E-state index is 12.4. The van der Waals surface area contributed by atoms with E-state index >= 15 is 0 Å². The number of rotatable bonds is 4. The number of nitrogens with zero attached hydrogens (tertiary/aromatic N) is 1. The predicted octanol–water partition coefficient (Wildman–Crippen LogP) is 1.99. The van der Waals surface area contributed by atoms with Crippen molar-refractivity contribution in [2.45, 2.75) is 37.1 Å². The number of hydrogen-bond donors (Lipinski definition) is 2. The van der Waals surface area contributed by atoms with Gasteiger partial charge in [-0.15, -0.1) is 0 Å². The smallest absolute Gasteiger partial charge is 0.242 e. The molecule has 1 atom stereocenters. The summed E-state index contributed by atoms with van der Waals surface area (Å²) in [7, 11) is -1.62. The van der Waals surface area contributed by atoms with E-state index in [1.165, 1.54) is 12.5 Å². The normalized spacial score (nSPS) is 20.6. The largest absolute Gasteiger partial charge is 0.398 e. The minimum Gasteiger partial charge on any atom is -0.398 e. The van der Waals surface area contributed by atoms with Crippen LogP contribution < -0.4 is 10.5 Å². The van der Waals surface area contributed by atoms with Gasteiger partial charge in [-0.1, -0.05) is 18.0 Å². The molecular formula is C14H22ClN3O2S. The highest BCUT2D eigenvalue weighted by atomic mass is 35.5. The van der Waals surface area contributed by atoms with Crippen molar-refractivity contribution in [1.29, 1.82) is 0 Å². The van der Waals surface area contributed by atoms with Crippen LogP contribution in [0.25, 0.3) is 0 Å². The Morgan fingerprint density at radius 2 is 2.14 bits per heavy atom. The first-order chi connectivity index (χ1) is 9.81. The SMILES string of the molecule is Cc1cc(Cl)c(S(=O)(=O)NCC2CCCCN2C)cc1N. The molecule has 0 bridgehead atoms. The number of likely N-dealkylation sites (N-methyl/N-ethyl adjacent to an activating group) is 1. The van der Waals surface area contributed by atoms with Gasteiger partial charge in [0.05, 0.1) is 5.02 Å². The maximum Gasteiger partial charge on any atom is 0.242 e. The molecule has 21 heavy (non-hydrogen) atoms. The van der Waals surface area contributed by atoms with E-state index in [9.17, 15) is 8.42 Å². The molecule has 3 N–H and O–H groups in total. The summed E-state index contributed by atoms with van der Waals surface area (Å²) in [5.41, 5.74) is 6.98. The molecule has 118 valence electrons. The lowest BCUT2D eigenvalue weighted by atomic mass is 10.0. The molecule has 1 unspecified atom stereocenters. The quantitative estimate of drug-likeness (QED) is 0.827. The van der Waals surface area contributed by atoms with Crippen LogP contribution >= 0.6 is 11.6 Å². The zero-order valence-electron chi connectivity index (χ0n) is 12.4. The molecule has 1 aromatic carbocycles. The first kappa shape index (κ1) is 16.5. The van der Waals surface area contributed by atoms with E-state index in [2.05, 4.69) is 9.62 Å². The fourth-order valence-corrected chi connectivity index (χ4v) is 4.25. The van der Waals surface area contributed by atoms with Crippen LogP contribution in [0, 0.1) is 6.92 Å². The Morgan fingerprint density at radius 1 is 1.43 bits per heavy atom. The Balaban J connectivity index is 2.13. The molecule has 0 spiro atoms. The highest BCUT2D eigenvalue weighted by Crippen LogP contribution is 2.26. The summed E-state index contributed by atoms with van der Waals surface area (Å²) in [5, 5.41) is 0.200. The molecule has 0 aromatic heterocycles. The molecule has 7 heteroatoms. The van der Waals surface area contributed by atoms with Gasteiger partial charge in [0.1, 0.15) is 4.90 Å². The number of nitrogens with two attached hydrogens (primary N) is 1. The molecule has 0 aliphatic carbocycles. The van der Waals surface area contributed by atoms with Crippen LogP contribution in [0.2, 0.25) is 5.02 Å². The Labute approximate surface area is 131 Å². The topological polar surface area (TPSA) is 75.4 Å². The van der Waals surface area contributed by atoms with Crippen molar-refractivity contribution in [3.63, 3.8) is 0 Å². The van der Waals surface area contributed by atoms with Crippen molar-refractivity contribution in [1.82, 2.24) is 9.62 Å². The van der Waals surface area contributed by atoms with Crippen molar-refractivity contribution < 1.29 is 8.42 Å². The summed E-state index contributed by atoms with van der Waals surface area (Å²) < 4.78 is 27.4. The maximum absolute atomic E-state index is 12.4. The van der Waals surface area contributed by atoms with Crippen molar-refractivity contribution in [2.75, 3.05) is 25.9 Å². The standard InChI is InChI=1S/C14H22ClN3O2S/c1-10-7-12(15)14(8-13(10)16)21(19,20)17-9-11-5-3-4-6-18(11)2/h7-8,11,17H,3-6,9,16H2,1-2H3. The third-order valence-corrected chi connectivity index (χ3v) is 5.93. The minimum atomic E-state index is -3.64. The number of hydrogen-bond acceptors (Lipinski definition) is 4. The zero-order valence-corrected chi connectivity index (χ0v) is 14.0. The number of anilines is 1. The van der Waals surface area contributed by atoms with Crippen LogP contribution in [0.1, 0.15) is 24.8 Å². The lowest BCUT2D eigenvalue weighted by Crippen LogP contribution is -2.44. The van der Waals surface area contributed by atoms with Gasteiger partial charge in [0.2, 0.25) is 10.0 Å². The molecule has 1 saturated heterocycles. The number of piperidine rings is 1. The van der Waals surface area contributed by atoms with Gasteiger partial charge in [0, 0.05) is 18.3 Å². The van der Waals surface area contributed by atoms with Crippen LogP contribution in [0.3, 0.4) is 0 Å². The van der Waals surface area contributed by atoms with Gasteiger partial charge in [0.15, 0.2) is 0 Å². The molecule has 0 amide bonds. The fraction of sp³-hybridized carbons (Fsp3) is 0.571. The number of nitrogen functional groups attached to an aromatic ring is 1. The third kappa shape index (κ3) is 3.88. The van der Waals surface area contributed by atoms with Gasteiger partial charge < -0.3 is 10.6 Å². The van der Waals surface area contributed by atoms with E-state index in [0.29, 0.717) is 12.2 Å². The van der Waals surface area contributed by atoms with Crippen LogP contribution in [0.15, 0.2) is 17.0 Å². The second kappa shape index (κ2) is 6.52. The lowest BCUT2D eigenvalue weighted by Gasteiger charge is -2.32. The van der Waals surface area contributed by atoms with Crippen LogP contribution in [-0.4, -0.2) is 39.5 Å². The van der Waals surface area contributed by atoms with E-state index in [1.54, 1.807) is 13.0 Å². The first-order valence-corrected chi connectivity index (χ1v) is 8.93. The molecule has 1 fully saturated rings. The van der Waals surface area contributed by atoms with Gasteiger partial charge in [-0.05, 0) is 51.1 Å². The number of aryl methyl sites for hydroxylation is 1. The van der Waals surface area contributed by atoms with E-state index < -0.39 is 10.0 Å². The third-order valence-electron chi connectivity index (χ3n) is 4.04. The number of nitrogens with one attached hydrogen (secondary N) is 1. The number of halogens is 1. The monoisotopic (exact) mass is 331 g/mol. The molecule has 1 aliphatic heterocycles. The zero-order chi connectivity index (χ0) is 15.6. The number of sulfonamides is 1. The summed E-state index contributed by atoms with van der Waals surface area (Å²) in [4.78, 5) is 2.24. The Bertz CT molecular complexity index is 619. The van der Waals surface area contributed by atoms with Crippen LogP contribution in [0.5, 0.6) is 0 Å². The van der Waals surface area contributed by atoms with E-state index in [-0.39, 0.29) is 16.0 Å². The molecule has 1 aromatic rings. The van der Waals surface area contributed by atoms with Crippen molar-refractivity contribution >= 4 is 27.3 Å². The molecule has 2 rings (SSSR count). The average molecular weight is 332 g/mol. The molecule has 0 saturated carbocycles. The first-order valence-electron chi connectivity index (χ1n) is 7.07. The highest BCUT2D eigenvalue weighted by Gasteiger charge is 2.24. The molecule has 0 radical (unpaired) electrons. The number of benzene rings is 1. The summed E-state index contributed by atoms with van der Waals surface area (Å²) in [6.45, 7) is 3.19. The summed E-state index contributed by atoms with van der Waals surface area (Å²) in [6.07, 6.45) is 3.30.